The predicted molar refractivity (Wildman–Crippen MR) is 146 cm³/mol. The minimum atomic E-state index is -3.96. The van der Waals surface area contributed by atoms with E-state index in [1.807, 2.05) is 19.2 Å². The van der Waals surface area contributed by atoms with Crippen LogP contribution in [0, 0.1) is 6.92 Å². The molecule has 0 bridgehead atoms. The van der Waals surface area contributed by atoms with Crippen LogP contribution in [0.3, 0.4) is 0 Å². The van der Waals surface area contributed by atoms with E-state index in [2.05, 4.69) is 20.0 Å². The molecular weight excluding hydrogens is 519 g/mol. The van der Waals surface area contributed by atoms with E-state index in [0.717, 1.165) is 53.6 Å². The van der Waals surface area contributed by atoms with Crippen molar-refractivity contribution in [1.29, 1.82) is 0 Å². The number of sulfonamides is 1. The summed E-state index contributed by atoms with van der Waals surface area (Å²) in [6.07, 6.45) is 5.65. The number of aryl methyl sites for hydroxylation is 3. The fourth-order valence-corrected chi connectivity index (χ4v) is 7.31. The number of rotatable bonds is 8. The second-order valence-corrected chi connectivity index (χ2v) is 13.6. The third-order valence-corrected chi connectivity index (χ3v) is 9.51. The standard InChI is InChI=1S/C28H35FN6O3S/c1-16-9-25(34(4)33-16)27(36)32-18-13-35(14-18)24-8-7-19-20(24)11-26(39(37,38)31-15-28(2,3)29)21-10-23(17-5-6-17)30-12-22(19)21/h9-12,17-18,24,31H,5-8,13-15H2,1-4H3,(H,32,36). The largest absolute Gasteiger partial charge is 0.345 e. The fourth-order valence-electron chi connectivity index (χ4n) is 5.88. The smallest absolute Gasteiger partial charge is 0.269 e. The summed E-state index contributed by atoms with van der Waals surface area (Å²) in [5.74, 6) is 0.237. The van der Waals surface area contributed by atoms with Crippen LogP contribution < -0.4 is 10.0 Å². The lowest BCUT2D eigenvalue weighted by Crippen LogP contribution is -2.59. The molecule has 2 N–H and O–H groups in total. The summed E-state index contributed by atoms with van der Waals surface area (Å²) in [7, 11) is -2.21. The topological polar surface area (TPSA) is 109 Å². The molecule has 1 atom stereocenters. The SMILES string of the molecule is Cc1cc(C(=O)NC2CN(C3CCc4c3cc(S(=O)(=O)NCC(C)(C)F)c3cc(C5CC5)ncc43)C2)n(C)n1. The van der Waals surface area contributed by atoms with Crippen molar-refractivity contribution in [3.05, 3.63) is 52.6 Å². The summed E-state index contributed by atoms with van der Waals surface area (Å²) in [5.41, 5.74) is 2.68. The Bertz CT molecular complexity index is 1570. The molecule has 2 aliphatic carbocycles. The first-order valence-electron chi connectivity index (χ1n) is 13.6. The van der Waals surface area contributed by atoms with Crippen molar-refractivity contribution >= 4 is 26.7 Å². The molecule has 208 valence electrons. The highest BCUT2D eigenvalue weighted by atomic mass is 32.2. The van der Waals surface area contributed by atoms with E-state index in [9.17, 15) is 17.6 Å². The molecule has 1 unspecified atom stereocenters. The zero-order chi connectivity index (χ0) is 27.7. The van der Waals surface area contributed by atoms with Crippen molar-refractivity contribution in [1.82, 2.24) is 29.7 Å². The van der Waals surface area contributed by atoms with Gasteiger partial charge in [-0.3, -0.25) is 19.4 Å². The van der Waals surface area contributed by atoms with Crippen LogP contribution in [0.15, 0.2) is 29.3 Å². The lowest BCUT2D eigenvalue weighted by atomic mass is 9.97. The van der Waals surface area contributed by atoms with Gasteiger partial charge < -0.3 is 5.32 Å². The Morgan fingerprint density at radius 1 is 1.15 bits per heavy atom. The number of nitrogens with one attached hydrogen (secondary N) is 2. The molecule has 3 heterocycles. The molecule has 3 aromatic rings. The summed E-state index contributed by atoms with van der Waals surface area (Å²) in [5, 5.41) is 8.86. The van der Waals surface area contributed by atoms with E-state index in [4.69, 9.17) is 4.98 Å². The lowest BCUT2D eigenvalue weighted by molar-refractivity contribution is 0.0628. The molecule has 39 heavy (non-hydrogen) atoms. The normalized spacial score (nSPS) is 20.3. The first-order chi connectivity index (χ1) is 18.4. The highest BCUT2D eigenvalue weighted by Crippen LogP contribution is 2.45. The zero-order valence-electron chi connectivity index (χ0n) is 22.8. The van der Waals surface area contributed by atoms with Crippen molar-refractivity contribution in [3.8, 4) is 0 Å². The molecule has 11 heteroatoms. The van der Waals surface area contributed by atoms with Gasteiger partial charge in [0.1, 0.15) is 11.4 Å². The number of amides is 1. The minimum absolute atomic E-state index is 0.0108. The first-order valence-corrected chi connectivity index (χ1v) is 15.1. The maximum absolute atomic E-state index is 14.2. The number of halogens is 1. The van der Waals surface area contributed by atoms with Gasteiger partial charge in [0.15, 0.2) is 0 Å². The van der Waals surface area contributed by atoms with Gasteiger partial charge in [-0.15, -0.1) is 0 Å². The van der Waals surface area contributed by atoms with E-state index in [1.54, 1.807) is 23.9 Å². The molecule has 0 radical (unpaired) electrons. The van der Waals surface area contributed by atoms with Gasteiger partial charge in [-0.05, 0) is 75.8 Å². The van der Waals surface area contributed by atoms with Crippen molar-refractivity contribution in [2.45, 2.75) is 75.0 Å². The Balaban J connectivity index is 1.28. The van der Waals surface area contributed by atoms with Gasteiger partial charge in [0, 0.05) is 61.3 Å². The van der Waals surface area contributed by atoms with Crippen molar-refractivity contribution in [2.24, 2.45) is 7.05 Å². The van der Waals surface area contributed by atoms with Crippen LogP contribution in [-0.4, -0.2) is 65.3 Å². The number of benzene rings is 1. The Morgan fingerprint density at radius 3 is 2.54 bits per heavy atom. The molecule has 1 amide bonds. The van der Waals surface area contributed by atoms with Crippen LogP contribution in [0.2, 0.25) is 0 Å². The number of carbonyl (C=O) groups is 1. The molecule has 9 nitrogen and oxygen atoms in total. The van der Waals surface area contributed by atoms with Gasteiger partial charge in [-0.1, -0.05) is 0 Å². The summed E-state index contributed by atoms with van der Waals surface area (Å²) in [4.78, 5) is 19.9. The number of nitrogens with zero attached hydrogens (tertiary/aromatic N) is 4. The quantitative estimate of drug-likeness (QED) is 0.442. The van der Waals surface area contributed by atoms with Gasteiger partial charge in [-0.2, -0.15) is 5.10 Å². The number of carbonyl (C=O) groups excluding carboxylic acids is 1. The number of likely N-dealkylation sites (tertiary alicyclic amines) is 1. The second-order valence-electron chi connectivity index (χ2n) is 11.9. The highest BCUT2D eigenvalue weighted by Gasteiger charge is 2.39. The van der Waals surface area contributed by atoms with Crippen LogP contribution in [0.1, 0.15) is 78.1 Å². The highest BCUT2D eigenvalue weighted by molar-refractivity contribution is 7.89. The predicted octanol–water partition coefficient (Wildman–Crippen LogP) is 3.28. The average molecular weight is 555 g/mol. The van der Waals surface area contributed by atoms with E-state index in [1.165, 1.54) is 13.8 Å². The fraction of sp³-hybridized carbons (Fsp3) is 0.536. The number of alkyl halides is 1. The monoisotopic (exact) mass is 554 g/mol. The molecule has 0 spiro atoms. The Hall–Kier alpha value is -2.89. The summed E-state index contributed by atoms with van der Waals surface area (Å²) in [6.45, 7) is 5.63. The number of aromatic nitrogens is 3. The van der Waals surface area contributed by atoms with Crippen LogP contribution in [0.4, 0.5) is 4.39 Å². The van der Waals surface area contributed by atoms with Crippen molar-refractivity contribution in [3.63, 3.8) is 0 Å². The molecule has 3 aliphatic rings. The van der Waals surface area contributed by atoms with E-state index in [0.29, 0.717) is 30.1 Å². The van der Waals surface area contributed by atoms with Crippen LogP contribution in [-0.2, 0) is 23.5 Å². The van der Waals surface area contributed by atoms with Gasteiger partial charge >= 0.3 is 0 Å². The van der Waals surface area contributed by atoms with Gasteiger partial charge in [0.25, 0.3) is 5.91 Å². The lowest BCUT2D eigenvalue weighted by Gasteiger charge is -2.43. The molecule has 2 aromatic heterocycles. The number of hydrogen-bond acceptors (Lipinski definition) is 6. The molecule has 6 rings (SSSR count). The molecule has 1 aromatic carbocycles. The van der Waals surface area contributed by atoms with Gasteiger partial charge in [0.2, 0.25) is 10.0 Å². The molecule has 1 saturated carbocycles. The van der Waals surface area contributed by atoms with E-state index < -0.39 is 15.7 Å². The molecule has 1 aliphatic heterocycles. The van der Waals surface area contributed by atoms with Crippen molar-refractivity contribution < 1.29 is 17.6 Å². The van der Waals surface area contributed by atoms with E-state index >= 15 is 0 Å². The Labute approximate surface area is 228 Å². The Morgan fingerprint density at radius 2 is 1.90 bits per heavy atom. The maximum Gasteiger partial charge on any atom is 0.269 e. The Kier molecular flexibility index (Phi) is 6.31. The summed E-state index contributed by atoms with van der Waals surface area (Å²) >= 11 is 0. The van der Waals surface area contributed by atoms with Crippen LogP contribution >= 0.6 is 0 Å². The minimum Gasteiger partial charge on any atom is -0.345 e. The van der Waals surface area contributed by atoms with Crippen LogP contribution in [0.25, 0.3) is 10.8 Å². The molecule has 2 fully saturated rings. The number of pyridine rings is 1. The third kappa shape index (κ3) is 5.07. The number of hydrogen-bond donors (Lipinski definition) is 2. The zero-order valence-corrected chi connectivity index (χ0v) is 23.6. The summed E-state index contributed by atoms with van der Waals surface area (Å²) in [6, 6.07) is 5.55. The first kappa shape index (κ1) is 26.3. The third-order valence-electron chi connectivity index (χ3n) is 8.07. The van der Waals surface area contributed by atoms with Crippen molar-refractivity contribution in [2.75, 3.05) is 19.6 Å². The van der Waals surface area contributed by atoms with Gasteiger partial charge in [-0.25, -0.2) is 17.5 Å². The number of fused-ring (bicyclic) bond motifs is 3. The molecular formula is C28H35FN6O3S. The van der Waals surface area contributed by atoms with E-state index in [-0.39, 0.29) is 29.4 Å². The maximum atomic E-state index is 14.2. The average Bonchev–Trinajstić information content (AvgIpc) is 3.52. The van der Waals surface area contributed by atoms with Crippen LogP contribution in [0.5, 0.6) is 0 Å². The second kappa shape index (κ2) is 9.35. The summed E-state index contributed by atoms with van der Waals surface area (Å²) < 4.78 is 45.4. The molecule has 1 saturated heterocycles. The van der Waals surface area contributed by atoms with Gasteiger partial charge in [0.05, 0.1) is 16.6 Å².